The predicted molar refractivity (Wildman–Crippen MR) is 82.2 cm³/mol. The highest BCUT2D eigenvalue weighted by Gasteiger charge is 2.14. The van der Waals surface area contributed by atoms with Crippen molar-refractivity contribution in [1.82, 2.24) is 4.90 Å². The molecule has 19 heavy (non-hydrogen) atoms. The third kappa shape index (κ3) is 4.52. The molecule has 102 valence electrons. The quantitative estimate of drug-likeness (QED) is 0.923. The van der Waals surface area contributed by atoms with E-state index in [0.29, 0.717) is 5.56 Å². The zero-order valence-corrected chi connectivity index (χ0v) is 12.9. The molecule has 0 radical (unpaired) electrons. The van der Waals surface area contributed by atoms with E-state index in [1.807, 2.05) is 18.2 Å². The first-order valence-corrected chi connectivity index (χ1v) is 7.63. The molecule has 1 heterocycles. The van der Waals surface area contributed by atoms with Gasteiger partial charge in [0.15, 0.2) is 0 Å². The number of hydrogen-bond acceptors (Lipinski definition) is 3. The van der Waals surface area contributed by atoms with Crippen molar-refractivity contribution in [2.45, 2.75) is 19.8 Å². The second-order valence-corrected chi connectivity index (χ2v) is 6.21. The zero-order valence-electron chi connectivity index (χ0n) is 11.3. The maximum absolute atomic E-state index is 8.93. The number of halogens is 1. The van der Waals surface area contributed by atoms with Crippen LogP contribution in [-0.2, 0) is 0 Å². The number of rotatable bonds is 4. The van der Waals surface area contributed by atoms with Crippen LogP contribution in [0, 0.1) is 17.2 Å². The Hall–Kier alpha value is -1.05. The molecule has 4 heteroatoms. The summed E-state index contributed by atoms with van der Waals surface area (Å²) in [4.78, 5) is 2.51. The fraction of sp³-hybridized carbons (Fsp3) is 0.533. The lowest BCUT2D eigenvalue weighted by atomic mass is 9.99. The Morgan fingerprint density at radius 1 is 1.37 bits per heavy atom. The lowest BCUT2D eigenvalue weighted by molar-refractivity contribution is 0.199. The molecule has 1 aliphatic heterocycles. The number of likely N-dealkylation sites (tertiary alicyclic amines) is 1. The molecule has 0 amide bonds. The van der Waals surface area contributed by atoms with Gasteiger partial charge in [-0.25, -0.2) is 0 Å². The van der Waals surface area contributed by atoms with Gasteiger partial charge in [0.2, 0.25) is 0 Å². The van der Waals surface area contributed by atoms with Gasteiger partial charge in [0, 0.05) is 23.2 Å². The Morgan fingerprint density at radius 3 is 2.79 bits per heavy atom. The largest absolute Gasteiger partial charge is 0.384 e. The van der Waals surface area contributed by atoms with E-state index < -0.39 is 0 Å². The SMILES string of the molecule is CC1CCN(CCNc2cc(Br)cc(C#N)c2)CC1. The van der Waals surface area contributed by atoms with Crippen LogP contribution in [0.4, 0.5) is 5.69 Å². The summed E-state index contributed by atoms with van der Waals surface area (Å²) in [6, 6.07) is 7.91. The van der Waals surface area contributed by atoms with Gasteiger partial charge < -0.3 is 10.2 Å². The smallest absolute Gasteiger partial charge is 0.0992 e. The van der Waals surface area contributed by atoms with Gasteiger partial charge >= 0.3 is 0 Å². The number of nitriles is 1. The molecule has 1 aliphatic rings. The first-order chi connectivity index (χ1) is 9.17. The maximum atomic E-state index is 8.93. The van der Waals surface area contributed by atoms with Gasteiger partial charge in [-0.15, -0.1) is 0 Å². The Labute approximate surface area is 123 Å². The third-order valence-corrected chi connectivity index (χ3v) is 4.12. The molecule has 0 aromatic heterocycles. The molecule has 1 saturated heterocycles. The first kappa shape index (κ1) is 14.4. The number of nitrogens with zero attached hydrogens (tertiary/aromatic N) is 2. The Balaban J connectivity index is 1.79. The number of nitrogens with one attached hydrogen (secondary N) is 1. The molecule has 1 N–H and O–H groups in total. The summed E-state index contributed by atoms with van der Waals surface area (Å²) < 4.78 is 0.945. The van der Waals surface area contributed by atoms with Crippen LogP contribution in [0.25, 0.3) is 0 Å². The van der Waals surface area contributed by atoms with Crippen LogP contribution in [-0.4, -0.2) is 31.1 Å². The highest BCUT2D eigenvalue weighted by atomic mass is 79.9. The Kier molecular flexibility index (Phi) is 5.24. The van der Waals surface area contributed by atoms with Gasteiger partial charge in [0.05, 0.1) is 11.6 Å². The number of benzene rings is 1. The first-order valence-electron chi connectivity index (χ1n) is 6.84. The molecule has 0 aliphatic carbocycles. The third-order valence-electron chi connectivity index (χ3n) is 3.66. The molecule has 1 aromatic carbocycles. The molecular formula is C15H20BrN3. The highest BCUT2D eigenvalue weighted by molar-refractivity contribution is 9.10. The average Bonchev–Trinajstić information content (AvgIpc) is 2.40. The van der Waals surface area contributed by atoms with E-state index in [-0.39, 0.29) is 0 Å². The molecule has 1 aromatic rings. The van der Waals surface area contributed by atoms with Crippen LogP contribution >= 0.6 is 15.9 Å². The predicted octanol–water partition coefficient (Wildman–Crippen LogP) is 3.46. The van der Waals surface area contributed by atoms with Crippen molar-refractivity contribution >= 4 is 21.6 Å². The van der Waals surface area contributed by atoms with E-state index in [1.165, 1.54) is 25.9 Å². The van der Waals surface area contributed by atoms with E-state index in [1.54, 1.807) is 0 Å². The molecule has 0 spiro atoms. The highest BCUT2D eigenvalue weighted by Crippen LogP contribution is 2.19. The van der Waals surface area contributed by atoms with Crippen LogP contribution in [0.5, 0.6) is 0 Å². The number of anilines is 1. The summed E-state index contributed by atoms with van der Waals surface area (Å²) in [5, 5.41) is 12.3. The number of piperidine rings is 1. The van der Waals surface area contributed by atoms with Gasteiger partial charge in [-0.3, -0.25) is 0 Å². The van der Waals surface area contributed by atoms with E-state index in [9.17, 15) is 0 Å². The Morgan fingerprint density at radius 2 is 2.11 bits per heavy atom. The topological polar surface area (TPSA) is 39.1 Å². The van der Waals surface area contributed by atoms with Crippen LogP contribution in [0.2, 0.25) is 0 Å². The van der Waals surface area contributed by atoms with Gasteiger partial charge in [-0.05, 0) is 50.0 Å². The number of hydrogen-bond donors (Lipinski definition) is 1. The monoisotopic (exact) mass is 321 g/mol. The van der Waals surface area contributed by atoms with Crippen LogP contribution in [0.3, 0.4) is 0 Å². The fourth-order valence-electron chi connectivity index (χ4n) is 2.40. The van der Waals surface area contributed by atoms with Gasteiger partial charge in [-0.2, -0.15) is 5.26 Å². The molecule has 3 nitrogen and oxygen atoms in total. The second-order valence-electron chi connectivity index (χ2n) is 5.29. The van der Waals surface area contributed by atoms with Crippen LogP contribution < -0.4 is 5.32 Å². The van der Waals surface area contributed by atoms with Crippen molar-refractivity contribution in [1.29, 1.82) is 5.26 Å². The summed E-state index contributed by atoms with van der Waals surface area (Å²) in [5.74, 6) is 0.882. The molecule has 0 saturated carbocycles. The van der Waals surface area contributed by atoms with Crippen molar-refractivity contribution in [2.24, 2.45) is 5.92 Å². The lowest BCUT2D eigenvalue weighted by Gasteiger charge is -2.30. The van der Waals surface area contributed by atoms with Gasteiger partial charge in [-0.1, -0.05) is 22.9 Å². The summed E-state index contributed by atoms with van der Waals surface area (Å²) >= 11 is 3.43. The van der Waals surface area contributed by atoms with Crippen molar-refractivity contribution in [3.8, 4) is 6.07 Å². The van der Waals surface area contributed by atoms with Crippen LogP contribution in [0.15, 0.2) is 22.7 Å². The molecule has 2 rings (SSSR count). The summed E-state index contributed by atoms with van der Waals surface area (Å²) in [7, 11) is 0. The molecule has 0 bridgehead atoms. The van der Waals surface area contributed by atoms with Crippen molar-refractivity contribution in [3.63, 3.8) is 0 Å². The summed E-state index contributed by atoms with van der Waals surface area (Å²) in [6.07, 6.45) is 2.63. The van der Waals surface area contributed by atoms with E-state index >= 15 is 0 Å². The minimum absolute atomic E-state index is 0.684. The molecular weight excluding hydrogens is 302 g/mol. The van der Waals surface area contributed by atoms with E-state index in [4.69, 9.17) is 5.26 Å². The standard InChI is InChI=1S/C15H20BrN3/c1-12-2-5-19(6-3-12)7-4-18-15-9-13(11-17)8-14(16)10-15/h8-10,12,18H,2-7H2,1H3. The lowest BCUT2D eigenvalue weighted by Crippen LogP contribution is -2.36. The van der Waals surface area contributed by atoms with Gasteiger partial charge in [0.25, 0.3) is 0 Å². The van der Waals surface area contributed by atoms with E-state index in [2.05, 4.69) is 39.1 Å². The van der Waals surface area contributed by atoms with Crippen LogP contribution in [0.1, 0.15) is 25.3 Å². The summed E-state index contributed by atoms with van der Waals surface area (Å²) in [6.45, 7) is 6.76. The van der Waals surface area contributed by atoms with E-state index in [0.717, 1.165) is 29.2 Å². The Bertz CT molecular complexity index is 459. The summed E-state index contributed by atoms with van der Waals surface area (Å²) in [5.41, 5.74) is 1.69. The van der Waals surface area contributed by atoms with Crippen molar-refractivity contribution < 1.29 is 0 Å². The minimum atomic E-state index is 0.684. The zero-order chi connectivity index (χ0) is 13.7. The minimum Gasteiger partial charge on any atom is -0.384 e. The second kappa shape index (κ2) is 6.93. The average molecular weight is 322 g/mol. The fourth-order valence-corrected chi connectivity index (χ4v) is 2.89. The van der Waals surface area contributed by atoms with Gasteiger partial charge in [0.1, 0.15) is 0 Å². The van der Waals surface area contributed by atoms with Crippen molar-refractivity contribution in [2.75, 3.05) is 31.5 Å². The normalized spacial score (nSPS) is 17.1. The molecule has 1 fully saturated rings. The maximum Gasteiger partial charge on any atom is 0.0992 e. The molecule has 0 unspecified atom stereocenters. The van der Waals surface area contributed by atoms with Crippen molar-refractivity contribution in [3.05, 3.63) is 28.2 Å². The molecule has 0 atom stereocenters.